The highest BCUT2D eigenvalue weighted by molar-refractivity contribution is 7.92. The van der Waals surface area contributed by atoms with Crippen molar-refractivity contribution in [3.05, 3.63) is 78.4 Å². The smallest absolute Gasteiger partial charge is 0.481 e. The second-order valence-electron chi connectivity index (χ2n) is 8.06. The van der Waals surface area contributed by atoms with Gasteiger partial charge < -0.3 is 21.3 Å². The normalized spacial score (nSPS) is 12.8. The van der Waals surface area contributed by atoms with E-state index < -0.39 is 55.5 Å². The minimum Gasteiger partial charge on any atom is -0.481 e. The molecule has 17 heteroatoms. The summed E-state index contributed by atoms with van der Waals surface area (Å²) in [6.45, 7) is 0. The summed E-state index contributed by atoms with van der Waals surface area (Å²) >= 11 is 0. The number of nitrogens with one attached hydrogen (secondary N) is 2. The van der Waals surface area contributed by atoms with E-state index in [0.717, 1.165) is 24.3 Å². The number of aliphatic carboxylic acids is 1. The number of benzene rings is 3. The largest absolute Gasteiger partial charge is 0.573 e. The number of hydrogen-bond donors (Lipinski definition) is 5. The molecule has 0 radical (unpaired) electrons. The van der Waals surface area contributed by atoms with Gasteiger partial charge >= 0.3 is 12.3 Å². The van der Waals surface area contributed by atoms with E-state index in [0.29, 0.717) is 0 Å². The fraction of sp³-hybridized carbons (Fsp3) is 0.130. The van der Waals surface area contributed by atoms with Crippen LogP contribution in [-0.2, 0) is 24.8 Å². The molecule has 0 aliphatic carbocycles. The highest BCUT2D eigenvalue weighted by Gasteiger charge is 2.31. The number of anilines is 1. The molecule has 214 valence electrons. The van der Waals surface area contributed by atoms with Gasteiger partial charge in [-0.2, -0.15) is 0 Å². The number of ether oxygens (including phenoxy) is 1. The molecule has 0 saturated heterocycles. The summed E-state index contributed by atoms with van der Waals surface area (Å²) in [6, 6.07) is 12.6. The Hall–Kier alpha value is -4.35. The summed E-state index contributed by atoms with van der Waals surface area (Å²) in [5.41, 5.74) is 10.9. The standard InChI is InChI=1S/C23H22F3N5O7S2/c24-23(25,26)38-17-7-9-18(10-8-17)39(34,35)31-20(13-21(32)33)14-3-1-5-16(11-14)30-40(36,37)19-6-2-4-15(12-19)29-22(27)28/h1-12,20,30-31H,13H2,(H,32,33)(H4,27,28,29). The first kappa shape index (κ1) is 30.2. The van der Waals surface area contributed by atoms with Crippen LogP contribution >= 0.6 is 0 Å². The molecule has 0 saturated carbocycles. The number of carbonyl (C=O) groups is 1. The van der Waals surface area contributed by atoms with E-state index in [1.807, 2.05) is 0 Å². The Balaban J connectivity index is 1.87. The average molecular weight is 602 g/mol. The second-order valence-corrected chi connectivity index (χ2v) is 11.5. The van der Waals surface area contributed by atoms with E-state index >= 15 is 0 Å². The van der Waals surface area contributed by atoms with Gasteiger partial charge in [-0.05, 0) is 60.2 Å². The van der Waals surface area contributed by atoms with Crippen LogP contribution < -0.4 is 25.6 Å². The lowest BCUT2D eigenvalue weighted by atomic mass is 10.0. The third kappa shape index (κ3) is 8.58. The van der Waals surface area contributed by atoms with Crippen molar-refractivity contribution in [3.8, 4) is 5.75 Å². The van der Waals surface area contributed by atoms with Crippen LogP contribution in [-0.4, -0.2) is 40.2 Å². The Bertz CT molecular complexity index is 1620. The van der Waals surface area contributed by atoms with Gasteiger partial charge in [0.15, 0.2) is 5.96 Å². The van der Waals surface area contributed by atoms with E-state index in [-0.39, 0.29) is 27.8 Å². The zero-order valence-corrected chi connectivity index (χ0v) is 21.8. The van der Waals surface area contributed by atoms with E-state index in [1.54, 1.807) is 0 Å². The summed E-state index contributed by atoms with van der Waals surface area (Å²) in [5, 5.41) is 9.35. The lowest BCUT2D eigenvalue weighted by Gasteiger charge is -2.19. The van der Waals surface area contributed by atoms with E-state index in [4.69, 9.17) is 11.5 Å². The summed E-state index contributed by atoms with van der Waals surface area (Å²) in [7, 11) is -8.62. The number of halogens is 3. The van der Waals surface area contributed by atoms with Crippen LogP contribution in [0.4, 0.5) is 24.5 Å². The number of alkyl halides is 3. The van der Waals surface area contributed by atoms with Crippen LogP contribution in [0.5, 0.6) is 5.75 Å². The number of guanidine groups is 1. The number of hydrogen-bond acceptors (Lipinski definition) is 7. The van der Waals surface area contributed by atoms with Gasteiger partial charge in [-0.15, -0.1) is 13.2 Å². The number of rotatable bonds is 11. The van der Waals surface area contributed by atoms with Gasteiger partial charge in [0, 0.05) is 5.69 Å². The van der Waals surface area contributed by atoms with Gasteiger partial charge in [0.05, 0.1) is 27.9 Å². The van der Waals surface area contributed by atoms with Crippen LogP contribution in [0.25, 0.3) is 0 Å². The number of aliphatic imine (C=N–C) groups is 1. The van der Waals surface area contributed by atoms with Crippen molar-refractivity contribution in [2.45, 2.75) is 28.6 Å². The molecular formula is C23H22F3N5O7S2. The SMILES string of the molecule is NC(N)=Nc1cccc(S(=O)(=O)Nc2cccc(C(CC(=O)O)NS(=O)(=O)c3ccc(OC(F)(F)F)cc3)c2)c1. The molecule has 3 aromatic carbocycles. The van der Waals surface area contributed by atoms with Crippen LogP contribution in [0, 0.1) is 0 Å². The number of carboxylic acid groups (broad SMARTS) is 1. The van der Waals surface area contributed by atoms with Gasteiger partial charge in [0.2, 0.25) is 10.0 Å². The number of nitrogens with zero attached hydrogens (tertiary/aromatic N) is 1. The topological polar surface area (TPSA) is 203 Å². The second kappa shape index (κ2) is 11.8. The van der Waals surface area contributed by atoms with Gasteiger partial charge in [0.1, 0.15) is 5.75 Å². The number of sulfonamides is 2. The van der Waals surface area contributed by atoms with Crippen molar-refractivity contribution in [2.24, 2.45) is 16.5 Å². The van der Waals surface area contributed by atoms with Gasteiger partial charge in [0.25, 0.3) is 10.0 Å². The Morgan fingerprint density at radius 2 is 1.57 bits per heavy atom. The Morgan fingerprint density at radius 3 is 2.17 bits per heavy atom. The first-order valence-corrected chi connectivity index (χ1v) is 13.9. The van der Waals surface area contributed by atoms with Crippen molar-refractivity contribution in [3.63, 3.8) is 0 Å². The molecule has 0 aromatic heterocycles. The average Bonchev–Trinajstić information content (AvgIpc) is 2.82. The molecule has 40 heavy (non-hydrogen) atoms. The molecule has 3 rings (SSSR count). The monoisotopic (exact) mass is 601 g/mol. The Labute approximate surface area is 226 Å². The van der Waals surface area contributed by atoms with E-state index in [1.165, 1.54) is 48.5 Å². The first-order chi connectivity index (χ1) is 18.5. The molecule has 0 heterocycles. The summed E-state index contributed by atoms with van der Waals surface area (Å²) in [6.07, 6.45) is -5.72. The molecular weight excluding hydrogens is 579 g/mol. The molecule has 3 aromatic rings. The van der Waals surface area contributed by atoms with Gasteiger partial charge in [-0.1, -0.05) is 18.2 Å². The van der Waals surface area contributed by atoms with Crippen molar-refractivity contribution >= 4 is 43.4 Å². The predicted molar refractivity (Wildman–Crippen MR) is 138 cm³/mol. The quantitative estimate of drug-likeness (QED) is 0.162. The highest BCUT2D eigenvalue weighted by Crippen LogP contribution is 2.27. The van der Waals surface area contributed by atoms with E-state index in [2.05, 4.69) is 19.2 Å². The fourth-order valence-corrected chi connectivity index (χ4v) is 5.69. The number of carboxylic acids is 1. The maximum absolute atomic E-state index is 12.9. The minimum absolute atomic E-state index is 0.0204. The van der Waals surface area contributed by atoms with Crippen molar-refractivity contribution in [1.29, 1.82) is 0 Å². The summed E-state index contributed by atoms with van der Waals surface area (Å²) in [4.78, 5) is 14.6. The zero-order chi connectivity index (χ0) is 29.7. The predicted octanol–water partition coefficient (Wildman–Crippen LogP) is 2.79. The molecule has 0 bridgehead atoms. The first-order valence-electron chi connectivity index (χ1n) is 11.0. The summed E-state index contributed by atoms with van der Waals surface area (Å²) in [5.74, 6) is -2.32. The van der Waals surface area contributed by atoms with Gasteiger partial charge in [-0.25, -0.2) is 26.6 Å². The summed E-state index contributed by atoms with van der Waals surface area (Å²) < 4.78 is 97.0. The van der Waals surface area contributed by atoms with Crippen LogP contribution in [0.3, 0.4) is 0 Å². The molecule has 0 fully saturated rings. The van der Waals surface area contributed by atoms with Crippen molar-refractivity contribution in [2.75, 3.05) is 4.72 Å². The molecule has 0 aliphatic heterocycles. The maximum atomic E-state index is 12.9. The Kier molecular flexibility index (Phi) is 8.91. The molecule has 7 N–H and O–H groups in total. The molecule has 0 aliphatic rings. The number of nitrogens with two attached hydrogens (primary N) is 2. The fourth-order valence-electron chi connectivity index (χ4n) is 3.38. The highest BCUT2D eigenvalue weighted by atomic mass is 32.2. The lowest BCUT2D eigenvalue weighted by Crippen LogP contribution is -2.30. The van der Waals surface area contributed by atoms with Crippen molar-refractivity contribution < 1.29 is 44.6 Å². The molecule has 0 amide bonds. The minimum atomic E-state index is -4.98. The zero-order valence-electron chi connectivity index (χ0n) is 20.2. The van der Waals surface area contributed by atoms with Crippen molar-refractivity contribution in [1.82, 2.24) is 4.72 Å². The molecule has 12 nitrogen and oxygen atoms in total. The van der Waals surface area contributed by atoms with Crippen LogP contribution in [0.15, 0.2) is 87.6 Å². The lowest BCUT2D eigenvalue weighted by molar-refractivity contribution is -0.274. The molecule has 0 spiro atoms. The third-order valence-corrected chi connectivity index (χ3v) is 7.84. The molecule has 1 atom stereocenters. The maximum Gasteiger partial charge on any atom is 0.573 e. The Morgan fingerprint density at radius 1 is 0.925 bits per heavy atom. The third-order valence-electron chi connectivity index (χ3n) is 4.97. The van der Waals surface area contributed by atoms with Gasteiger partial charge in [-0.3, -0.25) is 9.52 Å². The van der Waals surface area contributed by atoms with Crippen LogP contribution in [0.1, 0.15) is 18.0 Å². The van der Waals surface area contributed by atoms with E-state index in [9.17, 15) is 39.9 Å². The molecule has 1 unspecified atom stereocenters. The van der Waals surface area contributed by atoms with Crippen LogP contribution in [0.2, 0.25) is 0 Å².